The number of hydrogen-bond donors (Lipinski definition) is 3. The van der Waals surface area contributed by atoms with Crippen LogP contribution in [0.2, 0.25) is 0 Å². The Bertz CT molecular complexity index is 511. The van der Waals surface area contributed by atoms with Gasteiger partial charge in [-0.05, 0) is 30.5 Å². The van der Waals surface area contributed by atoms with Gasteiger partial charge in [-0.25, -0.2) is 0 Å². The van der Waals surface area contributed by atoms with Crippen molar-refractivity contribution in [3.05, 3.63) is 29.8 Å². The first-order valence-corrected chi connectivity index (χ1v) is 7.41. The van der Waals surface area contributed by atoms with E-state index in [-0.39, 0.29) is 29.6 Å². The van der Waals surface area contributed by atoms with Crippen LogP contribution >= 0.6 is 12.4 Å². The van der Waals surface area contributed by atoms with E-state index in [9.17, 15) is 9.59 Å². The summed E-state index contributed by atoms with van der Waals surface area (Å²) in [6.07, 6.45) is 3.93. The van der Waals surface area contributed by atoms with Crippen LogP contribution in [0.1, 0.15) is 38.2 Å². The Hall–Kier alpha value is -1.59. The summed E-state index contributed by atoms with van der Waals surface area (Å²) < 4.78 is 0. The number of nitrogens with one attached hydrogen (secondary N) is 2. The van der Waals surface area contributed by atoms with Crippen molar-refractivity contribution >= 4 is 29.9 Å². The van der Waals surface area contributed by atoms with Gasteiger partial charge in [-0.1, -0.05) is 25.0 Å². The third kappa shape index (κ3) is 4.45. The zero-order valence-corrected chi connectivity index (χ0v) is 13.7. The van der Waals surface area contributed by atoms with Crippen molar-refractivity contribution in [2.45, 2.75) is 39.2 Å². The van der Waals surface area contributed by atoms with Crippen molar-refractivity contribution < 1.29 is 9.59 Å². The minimum atomic E-state index is -0.365. The van der Waals surface area contributed by atoms with Gasteiger partial charge in [0.25, 0.3) is 0 Å². The largest absolute Gasteiger partial charge is 0.352 e. The summed E-state index contributed by atoms with van der Waals surface area (Å²) in [7, 11) is 0. The molecule has 6 heteroatoms. The van der Waals surface area contributed by atoms with Crippen molar-refractivity contribution in [3.63, 3.8) is 0 Å². The Balaban J connectivity index is 0.00000242. The second-order valence-corrected chi connectivity index (χ2v) is 5.75. The topological polar surface area (TPSA) is 84.2 Å². The Kier molecular flexibility index (Phi) is 6.84. The van der Waals surface area contributed by atoms with Crippen LogP contribution in [-0.4, -0.2) is 18.4 Å². The molecule has 0 aliphatic heterocycles. The number of amides is 2. The summed E-state index contributed by atoms with van der Waals surface area (Å²) in [4.78, 5) is 23.3. The molecule has 0 bridgehead atoms. The lowest BCUT2D eigenvalue weighted by Gasteiger charge is -2.25. The number of carbonyl (C=O) groups excluding carboxylic acids is 2. The van der Waals surface area contributed by atoms with Gasteiger partial charge in [0, 0.05) is 25.7 Å². The molecule has 5 nitrogen and oxygen atoms in total. The number of anilines is 1. The number of carbonyl (C=O) groups is 2. The third-order valence-corrected chi connectivity index (χ3v) is 4.16. The Morgan fingerprint density at radius 3 is 2.27 bits per heavy atom. The molecule has 22 heavy (non-hydrogen) atoms. The summed E-state index contributed by atoms with van der Waals surface area (Å²) in [5, 5.41) is 5.70. The molecule has 1 aromatic carbocycles. The molecule has 0 radical (unpaired) electrons. The lowest BCUT2D eigenvalue weighted by atomic mass is 9.85. The molecule has 0 heterocycles. The van der Waals surface area contributed by atoms with Crippen LogP contribution in [0.25, 0.3) is 0 Å². The van der Waals surface area contributed by atoms with E-state index in [2.05, 4.69) is 10.6 Å². The highest BCUT2D eigenvalue weighted by Crippen LogP contribution is 2.37. The van der Waals surface area contributed by atoms with Gasteiger partial charge < -0.3 is 16.4 Å². The SMILES string of the molecule is CC(=O)Nc1ccc(CNC(=O)C2(CN)CCCC2)cc1.Cl. The van der Waals surface area contributed by atoms with E-state index in [4.69, 9.17) is 5.73 Å². The van der Waals surface area contributed by atoms with E-state index in [1.807, 2.05) is 24.3 Å². The van der Waals surface area contributed by atoms with Gasteiger partial charge in [-0.3, -0.25) is 9.59 Å². The Morgan fingerprint density at radius 2 is 1.77 bits per heavy atom. The maximum atomic E-state index is 12.3. The maximum Gasteiger partial charge on any atom is 0.227 e. The first kappa shape index (κ1) is 18.5. The van der Waals surface area contributed by atoms with Gasteiger partial charge in [0.2, 0.25) is 11.8 Å². The third-order valence-electron chi connectivity index (χ3n) is 4.16. The summed E-state index contributed by atoms with van der Waals surface area (Å²) in [6.45, 7) is 2.38. The molecule has 1 saturated carbocycles. The fourth-order valence-corrected chi connectivity index (χ4v) is 2.85. The Morgan fingerprint density at radius 1 is 1.18 bits per heavy atom. The van der Waals surface area contributed by atoms with E-state index in [0.717, 1.165) is 36.9 Å². The molecule has 2 amide bonds. The fourth-order valence-electron chi connectivity index (χ4n) is 2.85. The smallest absolute Gasteiger partial charge is 0.227 e. The number of benzene rings is 1. The van der Waals surface area contributed by atoms with Gasteiger partial charge >= 0.3 is 0 Å². The second kappa shape index (κ2) is 8.15. The summed E-state index contributed by atoms with van der Waals surface area (Å²) >= 11 is 0. The van der Waals surface area contributed by atoms with E-state index in [0.29, 0.717) is 13.1 Å². The molecule has 0 aromatic heterocycles. The lowest BCUT2D eigenvalue weighted by Crippen LogP contribution is -2.43. The molecule has 4 N–H and O–H groups in total. The van der Waals surface area contributed by atoms with Crippen LogP contribution < -0.4 is 16.4 Å². The molecule has 0 atom stereocenters. The van der Waals surface area contributed by atoms with Gasteiger partial charge in [0.05, 0.1) is 5.41 Å². The van der Waals surface area contributed by atoms with Crippen LogP contribution in [0.15, 0.2) is 24.3 Å². The predicted octanol–water partition coefficient (Wildman–Crippen LogP) is 2.20. The average Bonchev–Trinajstić information content (AvgIpc) is 2.96. The first-order valence-electron chi connectivity index (χ1n) is 7.41. The van der Waals surface area contributed by atoms with Crippen LogP contribution in [0, 0.1) is 5.41 Å². The molecular weight excluding hydrogens is 302 g/mol. The number of halogens is 1. The van der Waals surface area contributed by atoms with Crippen molar-refractivity contribution in [2.75, 3.05) is 11.9 Å². The summed E-state index contributed by atoms with van der Waals surface area (Å²) in [6, 6.07) is 7.46. The van der Waals surface area contributed by atoms with Gasteiger partial charge in [0.1, 0.15) is 0 Å². The molecule has 2 rings (SSSR count). The average molecular weight is 326 g/mol. The standard InChI is InChI=1S/C16H23N3O2.ClH/c1-12(20)19-14-6-4-13(5-7-14)10-18-15(21)16(11-17)8-2-3-9-16;/h4-7H,2-3,8-11,17H2,1H3,(H,18,21)(H,19,20);1H. The van der Waals surface area contributed by atoms with Gasteiger partial charge in [0.15, 0.2) is 0 Å². The normalized spacial score (nSPS) is 15.7. The van der Waals surface area contributed by atoms with Crippen LogP contribution in [0.3, 0.4) is 0 Å². The molecule has 0 unspecified atom stereocenters. The van der Waals surface area contributed by atoms with Crippen molar-refractivity contribution in [1.29, 1.82) is 0 Å². The van der Waals surface area contributed by atoms with E-state index in [1.165, 1.54) is 6.92 Å². The van der Waals surface area contributed by atoms with Crippen molar-refractivity contribution in [2.24, 2.45) is 11.1 Å². The zero-order valence-electron chi connectivity index (χ0n) is 12.9. The quantitative estimate of drug-likeness (QED) is 0.776. The van der Waals surface area contributed by atoms with E-state index >= 15 is 0 Å². The van der Waals surface area contributed by atoms with Gasteiger partial charge in [-0.15, -0.1) is 12.4 Å². The minimum Gasteiger partial charge on any atom is -0.352 e. The van der Waals surface area contributed by atoms with E-state index in [1.54, 1.807) is 0 Å². The molecule has 0 spiro atoms. The van der Waals surface area contributed by atoms with Crippen molar-refractivity contribution in [3.8, 4) is 0 Å². The summed E-state index contributed by atoms with van der Waals surface area (Å²) in [5.41, 5.74) is 7.20. The van der Waals surface area contributed by atoms with E-state index < -0.39 is 0 Å². The van der Waals surface area contributed by atoms with Crippen LogP contribution in [0.4, 0.5) is 5.69 Å². The van der Waals surface area contributed by atoms with Gasteiger partial charge in [-0.2, -0.15) is 0 Å². The highest BCUT2D eigenvalue weighted by Gasteiger charge is 2.39. The highest BCUT2D eigenvalue weighted by atomic mass is 35.5. The monoisotopic (exact) mass is 325 g/mol. The van der Waals surface area contributed by atoms with Crippen LogP contribution in [0.5, 0.6) is 0 Å². The highest BCUT2D eigenvalue weighted by molar-refractivity contribution is 5.88. The summed E-state index contributed by atoms with van der Waals surface area (Å²) in [5.74, 6) is -0.0318. The molecule has 1 aromatic rings. The second-order valence-electron chi connectivity index (χ2n) is 5.75. The number of rotatable bonds is 5. The maximum absolute atomic E-state index is 12.3. The molecule has 1 fully saturated rings. The Labute approximate surface area is 137 Å². The predicted molar refractivity (Wildman–Crippen MR) is 89.8 cm³/mol. The lowest BCUT2D eigenvalue weighted by molar-refractivity contribution is -0.130. The minimum absolute atomic E-state index is 0. The zero-order chi connectivity index (χ0) is 15.3. The molecule has 1 aliphatic rings. The fraction of sp³-hybridized carbons (Fsp3) is 0.500. The first-order chi connectivity index (χ1) is 10.1. The molecule has 0 saturated heterocycles. The number of hydrogen-bond acceptors (Lipinski definition) is 3. The molecule has 122 valence electrons. The molecular formula is C16H24ClN3O2. The number of nitrogens with two attached hydrogens (primary N) is 1. The van der Waals surface area contributed by atoms with Crippen LogP contribution in [-0.2, 0) is 16.1 Å². The van der Waals surface area contributed by atoms with Crippen molar-refractivity contribution in [1.82, 2.24) is 5.32 Å². The molecule has 1 aliphatic carbocycles.